The number of benzene rings is 1. The fourth-order valence-electron chi connectivity index (χ4n) is 3.39. The third-order valence-electron chi connectivity index (χ3n) is 4.89. The van der Waals surface area contributed by atoms with E-state index in [1.807, 2.05) is 35.4 Å². The molecule has 126 valence electrons. The van der Waals surface area contributed by atoms with E-state index in [-0.39, 0.29) is 17.9 Å². The molecule has 1 unspecified atom stereocenters. The smallest absolute Gasteiger partial charge is 0.226 e. The highest BCUT2D eigenvalue weighted by Crippen LogP contribution is 2.47. The molecule has 0 bridgehead atoms. The summed E-state index contributed by atoms with van der Waals surface area (Å²) in [4.78, 5) is 21.9. The Bertz CT molecular complexity index is 699. The van der Waals surface area contributed by atoms with E-state index in [4.69, 9.17) is 9.47 Å². The molecule has 2 aromatic rings. The molecule has 1 aromatic carbocycles. The highest BCUT2D eigenvalue weighted by Gasteiger charge is 2.47. The molecule has 4 rings (SSSR count). The molecule has 1 amide bonds. The summed E-state index contributed by atoms with van der Waals surface area (Å²) in [6.07, 6.45) is 4.32. The van der Waals surface area contributed by atoms with Crippen LogP contribution in [0, 0.1) is 5.92 Å². The number of aromatic nitrogens is 2. The van der Waals surface area contributed by atoms with Crippen molar-refractivity contribution in [3.63, 3.8) is 0 Å². The summed E-state index contributed by atoms with van der Waals surface area (Å²) in [7, 11) is 1.65. The molecular weight excluding hydrogens is 306 g/mol. The molecule has 0 radical (unpaired) electrons. The summed E-state index contributed by atoms with van der Waals surface area (Å²) in [6, 6.07) is 7.85. The van der Waals surface area contributed by atoms with E-state index < -0.39 is 0 Å². The number of hydrogen-bond donors (Lipinski definition) is 1. The van der Waals surface area contributed by atoms with Crippen LogP contribution in [0.4, 0.5) is 0 Å². The van der Waals surface area contributed by atoms with Crippen LogP contribution >= 0.6 is 0 Å². The van der Waals surface area contributed by atoms with Gasteiger partial charge in [0.15, 0.2) is 0 Å². The highest BCUT2D eigenvalue weighted by atomic mass is 16.5. The molecule has 2 fully saturated rings. The lowest BCUT2D eigenvalue weighted by atomic mass is 10.1. The Morgan fingerprint density at radius 2 is 2.21 bits per heavy atom. The highest BCUT2D eigenvalue weighted by molar-refractivity contribution is 5.83. The summed E-state index contributed by atoms with van der Waals surface area (Å²) in [5, 5.41) is 0. The largest absolute Gasteiger partial charge is 0.497 e. The van der Waals surface area contributed by atoms with E-state index in [0.29, 0.717) is 25.6 Å². The summed E-state index contributed by atoms with van der Waals surface area (Å²) >= 11 is 0. The molecule has 2 aliphatic rings. The first-order valence-corrected chi connectivity index (χ1v) is 8.29. The summed E-state index contributed by atoms with van der Waals surface area (Å²) in [5.41, 5.74) is 2.14. The van der Waals surface area contributed by atoms with Crippen molar-refractivity contribution in [1.29, 1.82) is 0 Å². The SMILES string of the molecule is COc1ccc(C2CN(C(=O)[C@@H]3C[C@H]3c3cnc[nH]3)CCO2)cc1. The van der Waals surface area contributed by atoms with Crippen LogP contribution in [-0.4, -0.2) is 47.6 Å². The van der Waals surface area contributed by atoms with Crippen LogP contribution in [0.5, 0.6) is 5.75 Å². The molecular formula is C18H21N3O3. The summed E-state index contributed by atoms with van der Waals surface area (Å²) in [5.74, 6) is 1.43. The van der Waals surface area contributed by atoms with Crippen LogP contribution in [0.2, 0.25) is 0 Å². The number of hydrogen-bond acceptors (Lipinski definition) is 4. The van der Waals surface area contributed by atoms with Crippen molar-refractivity contribution < 1.29 is 14.3 Å². The van der Waals surface area contributed by atoms with Crippen molar-refractivity contribution in [2.75, 3.05) is 26.8 Å². The van der Waals surface area contributed by atoms with Crippen molar-refractivity contribution in [3.05, 3.63) is 48.0 Å². The van der Waals surface area contributed by atoms with Gasteiger partial charge in [-0.15, -0.1) is 0 Å². The molecule has 24 heavy (non-hydrogen) atoms. The normalized spacial score (nSPS) is 26.2. The third-order valence-corrected chi connectivity index (χ3v) is 4.89. The van der Waals surface area contributed by atoms with Gasteiger partial charge < -0.3 is 19.4 Å². The maximum Gasteiger partial charge on any atom is 0.226 e. The second kappa shape index (κ2) is 6.28. The fourth-order valence-corrected chi connectivity index (χ4v) is 3.39. The van der Waals surface area contributed by atoms with Crippen molar-refractivity contribution in [2.24, 2.45) is 5.92 Å². The predicted molar refractivity (Wildman–Crippen MR) is 87.7 cm³/mol. The topological polar surface area (TPSA) is 67.5 Å². The lowest BCUT2D eigenvalue weighted by Gasteiger charge is -2.33. The number of H-pyrrole nitrogens is 1. The van der Waals surface area contributed by atoms with Gasteiger partial charge in [-0.1, -0.05) is 12.1 Å². The van der Waals surface area contributed by atoms with E-state index in [1.54, 1.807) is 13.4 Å². The molecule has 1 aliphatic carbocycles. The average Bonchev–Trinajstić information content (AvgIpc) is 3.25. The lowest BCUT2D eigenvalue weighted by Crippen LogP contribution is -2.43. The number of nitrogens with zero attached hydrogens (tertiary/aromatic N) is 2. The maximum atomic E-state index is 12.8. The number of morpholine rings is 1. The second-order valence-electron chi connectivity index (χ2n) is 6.37. The molecule has 2 heterocycles. The molecule has 1 aromatic heterocycles. The number of aromatic amines is 1. The van der Waals surface area contributed by atoms with E-state index in [9.17, 15) is 4.79 Å². The zero-order valence-corrected chi connectivity index (χ0v) is 13.6. The minimum Gasteiger partial charge on any atom is -0.497 e. The molecule has 6 nitrogen and oxygen atoms in total. The van der Waals surface area contributed by atoms with Crippen molar-refractivity contribution in [3.8, 4) is 5.75 Å². The Morgan fingerprint density at radius 3 is 2.92 bits per heavy atom. The Morgan fingerprint density at radius 1 is 1.38 bits per heavy atom. The van der Waals surface area contributed by atoms with Gasteiger partial charge in [0, 0.05) is 30.3 Å². The predicted octanol–water partition coefficient (Wildman–Crippen LogP) is 2.12. The van der Waals surface area contributed by atoms with Crippen molar-refractivity contribution in [2.45, 2.75) is 18.4 Å². The van der Waals surface area contributed by atoms with E-state index in [1.165, 1.54) is 0 Å². The fraction of sp³-hybridized carbons (Fsp3) is 0.444. The first kappa shape index (κ1) is 15.2. The number of carbonyl (C=O) groups excluding carboxylic acids is 1. The Labute approximate surface area is 140 Å². The number of carbonyl (C=O) groups is 1. The number of imidazole rings is 1. The lowest BCUT2D eigenvalue weighted by molar-refractivity contribution is -0.140. The van der Waals surface area contributed by atoms with Gasteiger partial charge >= 0.3 is 0 Å². The van der Waals surface area contributed by atoms with Crippen LogP contribution in [0.25, 0.3) is 0 Å². The van der Waals surface area contributed by atoms with Crippen LogP contribution in [0.3, 0.4) is 0 Å². The summed E-state index contributed by atoms with van der Waals surface area (Å²) in [6.45, 7) is 1.85. The maximum absolute atomic E-state index is 12.8. The Balaban J connectivity index is 1.40. The number of ether oxygens (including phenoxy) is 2. The standard InChI is InChI=1S/C18H21N3O3/c1-23-13-4-2-12(3-5-13)17-10-21(6-7-24-17)18(22)15-8-14(15)16-9-19-11-20-16/h2-5,9,11,14-15,17H,6-8,10H2,1H3,(H,19,20)/t14-,15-,17?/m1/s1. The van der Waals surface area contributed by atoms with Crippen LogP contribution < -0.4 is 4.74 Å². The van der Waals surface area contributed by atoms with Crippen molar-refractivity contribution >= 4 is 5.91 Å². The monoisotopic (exact) mass is 327 g/mol. The molecule has 1 saturated carbocycles. The molecule has 6 heteroatoms. The Hall–Kier alpha value is -2.34. The second-order valence-corrected chi connectivity index (χ2v) is 6.37. The molecule has 1 saturated heterocycles. The van der Waals surface area contributed by atoms with Gasteiger partial charge in [0.25, 0.3) is 0 Å². The molecule has 1 N–H and O–H groups in total. The number of rotatable bonds is 4. The zero-order chi connectivity index (χ0) is 16.5. The molecule has 0 spiro atoms. The first-order chi connectivity index (χ1) is 11.8. The van der Waals surface area contributed by atoms with E-state index in [0.717, 1.165) is 23.4 Å². The third kappa shape index (κ3) is 2.89. The van der Waals surface area contributed by atoms with Crippen LogP contribution in [0.1, 0.15) is 29.7 Å². The minimum absolute atomic E-state index is 0.0713. The minimum atomic E-state index is -0.0713. The molecule has 1 aliphatic heterocycles. The van der Waals surface area contributed by atoms with Gasteiger partial charge in [-0.05, 0) is 24.1 Å². The van der Waals surface area contributed by atoms with E-state index >= 15 is 0 Å². The van der Waals surface area contributed by atoms with Gasteiger partial charge in [-0.25, -0.2) is 4.98 Å². The number of amides is 1. The zero-order valence-electron chi connectivity index (χ0n) is 13.6. The number of nitrogens with one attached hydrogen (secondary N) is 1. The summed E-state index contributed by atoms with van der Waals surface area (Å²) < 4.78 is 11.1. The Kier molecular flexibility index (Phi) is 3.98. The first-order valence-electron chi connectivity index (χ1n) is 8.29. The van der Waals surface area contributed by atoms with Gasteiger partial charge in [0.1, 0.15) is 11.9 Å². The van der Waals surface area contributed by atoms with Crippen LogP contribution in [-0.2, 0) is 9.53 Å². The molecule has 3 atom stereocenters. The number of methoxy groups -OCH3 is 1. The van der Waals surface area contributed by atoms with Gasteiger partial charge in [-0.3, -0.25) is 4.79 Å². The quantitative estimate of drug-likeness (QED) is 0.934. The van der Waals surface area contributed by atoms with Gasteiger partial charge in [0.05, 0.1) is 26.6 Å². The van der Waals surface area contributed by atoms with Crippen molar-refractivity contribution in [1.82, 2.24) is 14.9 Å². The van der Waals surface area contributed by atoms with E-state index in [2.05, 4.69) is 9.97 Å². The average molecular weight is 327 g/mol. The van der Waals surface area contributed by atoms with Crippen LogP contribution in [0.15, 0.2) is 36.8 Å². The van der Waals surface area contributed by atoms with Gasteiger partial charge in [0.2, 0.25) is 5.91 Å². The van der Waals surface area contributed by atoms with Gasteiger partial charge in [-0.2, -0.15) is 0 Å².